The number of aryl methyl sites for hydroxylation is 2. The molecule has 1 saturated heterocycles. The van der Waals surface area contributed by atoms with E-state index in [1.54, 1.807) is 0 Å². The normalized spacial score (nSPS) is 18.7. The van der Waals surface area contributed by atoms with E-state index in [-0.39, 0.29) is 0 Å². The van der Waals surface area contributed by atoms with Crippen LogP contribution >= 0.6 is 0 Å². The molecule has 2 N–H and O–H groups in total. The number of hydrogen-bond donors (Lipinski definition) is 2. The minimum Gasteiger partial charge on any atom is -0.369 e. The van der Waals surface area contributed by atoms with E-state index in [9.17, 15) is 0 Å². The molecule has 5 heteroatoms. The molecule has 1 atom stereocenters. The minimum atomic E-state index is 0.733. The third-order valence-electron chi connectivity index (χ3n) is 4.65. The van der Waals surface area contributed by atoms with Crippen molar-refractivity contribution in [3.8, 4) is 0 Å². The van der Waals surface area contributed by atoms with Gasteiger partial charge < -0.3 is 5.32 Å². The summed E-state index contributed by atoms with van der Waals surface area (Å²) in [7, 11) is 0. The van der Waals surface area contributed by atoms with Gasteiger partial charge in [-0.3, -0.25) is 15.0 Å². The molecule has 0 amide bonds. The van der Waals surface area contributed by atoms with Gasteiger partial charge in [0.1, 0.15) is 5.82 Å². The van der Waals surface area contributed by atoms with E-state index < -0.39 is 0 Å². The second-order valence-corrected chi connectivity index (χ2v) is 7.01. The van der Waals surface area contributed by atoms with Crippen molar-refractivity contribution in [2.24, 2.45) is 5.92 Å². The lowest BCUT2D eigenvalue weighted by atomic mass is 9.91. The number of rotatable bonds is 6. The molecule has 1 aliphatic rings. The van der Waals surface area contributed by atoms with Crippen LogP contribution in [0.15, 0.2) is 18.2 Å². The Morgan fingerprint density at radius 3 is 2.79 bits per heavy atom. The predicted molar refractivity (Wildman–Crippen MR) is 98.2 cm³/mol. The lowest BCUT2D eigenvalue weighted by molar-refractivity contribution is 0.165. The van der Waals surface area contributed by atoms with Gasteiger partial charge in [0.2, 0.25) is 0 Å². The maximum atomic E-state index is 4.49. The smallest absolute Gasteiger partial charge is 0.148 e. The number of nitrogens with one attached hydrogen (secondary N) is 2. The highest BCUT2D eigenvalue weighted by Gasteiger charge is 2.21. The van der Waals surface area contributed by atoms with E-state index in [2.05, 4.69) is 64.4 Å². The zero-order chi connectivity index (χ0) is 16.9. The number of H-pyrrole nitrogens is 1. The summed E-state index contributed by atoms with van der Waals surface area (Å²) >= 11 is 0. The fourth-order valence-corrected chi connectivity index (χ4v) is 3.79. The summed E-state index contributed by atoms with van der Waals surface area (Å²) < 4.78 is 0. The topological polar surface area (TPSA) is 56.8 Å². The van der Waals surface area contributed by atoms with Crippen molar-refractivity contribution >= 4 is 5.82 Å². The first-order chi connectivity index (χ1) is 11.6. The summed E-state index contributed by atoms with van der Waals surface area (Å²) in [6.07, 6.45) is 3.76. The predicted octanol–water partition coefficient (Wildman–Crippen LogP) is 3.31. The summed E-state index contributed by atoms with van der Waals surface area (Å²) in [5, 5.41) is 10.7. The third-order valence-corrected chi connectivity index (χ3v) is 4.65. The Hall–Kier alpha value is -1.88. The fourth-order valence-electron chi connectivity index (χ4n) is 3.79. The van der Waals surface area contributed by atoms with Gasteiger partial charge in [-0.05, 0) is 70.2 Å². The van der Waals surface area contributed by atoms with Gasteiger partial charge in [0.15, 0.2) is 0 Å². The Morgan fingerprint density at radius 2 is 2.04 bits per heavy atom. The summed E-state index contributed by atoms with van der Waals surface area (Å²) in [5.41, 5.74) is 4.89. The summed E-state index contributed by atoms with van der Waals surface area (Å²) in [5.74, 6) is 1.68. The van der Waals surface area contributed by atoms with Gasteiger partial charge in [0, 0.05) is 37.1 Å². The molecule has 0 saturated carbocycles. The number of aromatic amines is 1. The van der Waals surface area contributed by atoms with E-state index in [0.717, 1.165) is 49.2 Å². The summed E-state index contributed by atoms with van der Waals surface area (Å²) in [4.78, 5) is 7.04. The Bertz CT molecular complexity index is 643. The van der Waals surface area contributed by atoms with Crippen LogP contribution in [0, 0.1) is 19.8 Å². The minimum absolute atomic E-state index is 0.733. The number of aromatic nitrogens is 3. The molecule has 2 aromatic heterocycles. The zero-order valence-corrected chi connectivity index (χ0v) is 15.1. The second kappa shape index (κ2) is 7.79. The van der Waals surface area contributed by atoms with Crippen LogP contribution < -0.4 is 5.32 Å². The Morgan fingerprint density at radius 1 is 1.25 bits per heavy atom. The molecular weight excluding hydrogens is 298 g/mol. The van der Waals surface area contributed by atoms with E-state index in [1.807, 2.05) is 0 Å². The van der Waals surface area contributed by atoms with Crippen LogP contribution in [0.25, 0.3) is 0 Å². The maximum Gasteiger partial charge on any atom is 0.148 e. The van der Waals surface area contributed by atoms with Crippen molar-refractivity contribution < 1.29 is 0 Å². The molecule has 2 aromatic rings. The third kappa shape index (κ3) is 4.57. The Balaban J connectivity index is 1.57. The van der Waals surface area contributed by atoms with E-state index in [1.165, 1.54) is 30.6 Å². The highest BCUT2D eigenvalue weighted by Crippen LogP contribution is 2.23. The molecule has 0 unspecified atom stereocenters. The Labute approximate surface area is 144 Å². The van der Waals surface area contributed by atoms with Gasteiger partial charge in [-0.15, -0.1) is 0 Å². The first-order valence-electron chi connectivity index (χ1n) is 9.07. The maximum absolute atomic E-state index is 4.49. The first-order valence-corrected chi connectivity index (χ1v) is 9.07. The van der Waals surface area contributed by atoms with Gasteiger partial charge in [-0.2, -0.15) is 5.10 Å². The van der Waals surface area contributed by atoms with Crippen molar-refractivity contribution in [3.05, 3.63) is 40.8 Å². The Kier molecular flexibility index (Phi) is 5.51. The van der Waals surface area contributed by atoms with Crippen LogP contribution in [0.2, 0.25) is 0 Å². The molecule has 3 rings (SSSR count). The molecule has 24 heavy (non-hydrogen) atoms. The zero-order valence-electron chi connectivity index (χ0n) is 15.1. The van der Waals surface area contributed by atoms with Crippen LogP contribution in [0.1, 0.15) is 42.4 Å². The summed E-state index contributed by atoms with van der Waals surface area (Å²) in [6.45, 7) is 10.5. The van der Waals surface area contributed by atoms with Gasteiger partial charge in [-0.25, -0.2) is 0 Å². The quantitative estimate of drug-likeness (QED) is 0.855. The summed E-state index contributed by atoms with van der Waals surface area (Å²) in [6, 6.07) is 6.61. The van der Waals surface area contributed by atoms with Crippen LogP contribution in [0.5, 0.6) is 0 Å². The molecule has 0 bridgehead atoms. The average molecular weight is 327 g/mol. The number of anilines is 1. The van der Waals surface area contributed by atoms with Crippen LogP contribution in [-0.4, -0.2) is 39.7 Å². The van der Waals surface area contributed by atoms with Crippen molar-refractivity contribution in [1.82, 2.24) is 20.1 Å². The molecule has 5 nitrogen and oxygen atoms in total. The SMILES string of the molecule is CCNc1cc(CN2CCC[C@H](Cc3cc(C)nc(C)c3)C2)[nH]n1. The van der Waals surface area contributed by atoms with Crippen LogP contribution in [-0.2, 0) is 13.0 Å². The van der Waals surface area contributed by atoms with Gasteiger partial charge in [0.25, 0.3) is 0 Å². The average Bonchev–Trinajstić information content (AvgIpc) is 2.94. The first kappa shape index (κ1) is 17.0. The lowest BCUT2D eigenvalue weighted by Gasteiger charge is -2.32. The molecule has 0 aromatic carbocycles. The molecular formula is C19H29N5. The van der Waals surface area contributed by atoms with Crippen LogP contribution in [0.3, 0.4) is 0 Å². The number of pyridine rings is 1. The molecule has 130 valence electrons. The van der Waals surface area contributed by atoms with Crippen molar-refractivity contribution in [2.75, 3.05) is 25.0 Å². The molecule has 0 radical (unpaired) electrons. The van der Waals surface area contributed by atoms with Crippen molar-refractivity contribution in [2.45, 2.75) is 46.6 Å². The number of nitrogens with zero attached hydrogens (tertiary/aromatic N) is 3. The highest BCUT2D eigenvalue weighted by molar-refractivity contribution is 5.34. The molecule has 1 fully saturated rings. The molecule has 0 aliphatic carbocycles. The van der Waals surface area contributed by atoms with Crippen LogP contribution in [0.4, 0.5) is 5.82 Å². The highest BCUT2D eigenvalue weighted by atomic mass is 15.2. The van der Waals surface area contributed by atoms with E-state index in [0.29, 0.717) is 0 Å². The standard InChI is InChI=1S/C19H29N5/c1-4-20-19-11-18(22-23-19)13-24-7-5-6-16(12-24)10-17-8-14(2)21-15(3)9-17/h8-9,11,16H,4-7,10,12-13H2,1-3H3,(H2,20,22,23)/t16-/m1/s1. The molecule has 1 aliphatic heterocycles. The number of likely N-dealkylation sites (tertiary alicyclic amines) is 1. The fraction of sp³-hybridized carbons (Fsp3) is 0.579. The molecule has 0 spiro atoms. The monoisotopic (exact) mass is 327 g/mol. The van der Waals surface area contributed by atoms with E-state index >= 15 is 0 Å². The second-order valence-electron chi connectivity index (χ2n) is 7.01. The largest absolute Gasteiger partial charge is 0.369 e. The van der Waals surface area contributed by atoms with Crippen molar-refractivity contribution in [1.29, 1.82) is 0 Å². The number of piperidine rings is 1. The lowest BCUT2D eigenvalue weighted by Crippen LogP contribution is -2.35. The van der Waals surface area contributed by atoms with Gasteiger partial charge >= 0.3 is 0 Å². The molecule has 3 heterocycles. The van der Waals surface area contributed by atoms with E-state index in [4.69, 9.17) is 0 Å². The number of hydrogen-bond acceptors (Lipinski definition) is 4. The van der Waals surface area contributed by atoms with Gasteiger partial charge in [0.05, 0.1) is 5.69 Å². The van der Waals surface area contributed by atoms with Gasteiger partial charge in [-0.1, -0.05) is 0 Å². The van der Waals surface area contributed by atoms with Crippen molar-refractivity contribution in [3.63, 3.8) is 0 Å².